The second-order valence-electron chi connectivity index (χ2n) is 12.0. The largest absolute Gasteiger partial charge is 0.493 e. The van der Waals surface area contributed by atoms with Crippen molar-refractivity contribution in [2.24, 2.45) is 0 Å². The van der Waals surface area contributed by atoms with Crippen molar-refractivity contribution in [3.05, 3.63) is 106 Å². The van der Waals surface area contributed by atoms with Crippen LogP contribution >= 0.6 is 22.9 Å². The SMILES string of the molecule is CC(C)(C)OC(=O)c1nc(N2CCc3cccc(C(=O)Nc4nc5ccccc5s4)c3C2)ccc1CCCOc1ccnc(Cl)c1. The minimum atomic E-state index is -0.675. The summed E-state index contributed by atoms with van der Waals surface area (Å²) in [5, 5.41) is 3.92. The lowest BCUT2D eigenvalue weighted by atomic mass is 9.94. The summed E-state index contributed by atoms with van der Waals surface area (Å²) >= 11 is 7.41. The molecule has 46 heavy (non-hydrogen) atoms. The highest BCUT2D eigenvalue weighted by atomic mass is 35.5. The van der Waals surface area contributed by atoms with Crippen LogP contribution < -0.4 is 15.0 Å². The fourth-order valence-electron chi connectivity index (χ4n) is 5.37. The molecule has 9 nitrogen and oxygen atoms in total. The number of halogens is 1. The molecule has 0 radical (unpaired) electrons. The van der Waals surface area contributed by atoms with Crippen LogP contribution in [0.3, 0.4) is 0 Å². The number of carbonyl (C=O) groups excluding carboxylic acids is 2. The van der Waals surface area contributed by atoms with Gasteiger partial charge < -0.3 is 14.4 Å². The van der Waals surface area contributed by atoms with Gasteiger partial charge in [0.1, 0.15) is 22.3 Å². The van der Waals surface area contributed by atoms with E-state index in [1.54, 1.807) is 18.3 Å². The lowest BCUT2D eigenvalue weighted by Gasteiger charge is -2.31. The van der Waals surface area contributed by atoms with E-state index in [0.717, 1.165) is 33.3 Å². The van der Waals surface area contributed by atoms with Gasteiger partial charge in [0.25, 0.3) is 5.91 Å². The van der Waals surface area contributed by atoms with E-state index in [1.165, 1.54) is 11.3 Å². The molecule has 1 aliphatic rings. The van der Waals surface area contributed by atoms with Crippen LogP contribution in [0.25, 0.3) is 10.2 Å². The molecule has 0 fully saturated rings. The molecule has 6 rings (SSSR count). The average Bonchev–Trinajstić information content (AvgIpc) is 3.44. The highest BCUT2D eigenvalue weighted by molar-refractivity contribution is 7.22. The Hall–Kier alpha value is -4.54. The van der Waals surface area contributed by atoms with Crippen molar-refractivity contribution in [2.75, 3.05) is 23.4 Å². The topological polar surface area (TPSA) is 107 Å². The van der Waals surface area contributed by atoms with E-state index in [0.29, 0.717) is 60.0 Å². The van der Waals surface area contributed by atoms with Crippen molar-refractivity contribution >= 4 is 56.0 Å². The summed E-state index contributed by atoms with van der Waals surface area (Å²) in [5.74, 6) is 0.616. The maximum atomic E-state index is 13.5. The number of benzene rings is 2. The molecule has 0 unspecified atom stereocenters. The summed E-state index contributed by atoms with van der Waals surface area (Å²) in [5.41, 5.74) is 3.89. The van der Waals surface area contributed by atoms with Gasteiger partial charge in [-0.25, -0.2) is 19.7 Å². The summed E-state index contributed by atoms with van der Waals surface area (Å²) < 4.78 is 12.6. The summed E-state index contributed by atoms with van der Waals surface area (Å²) in [7, 11) is 0. The predicted octanol–water partition coefficient (Wildman–Crippen LogP) is 7.52. The number of hydrogen-bond acceptors (Lipinski definition) is 9. The lowest BCUT2D eigenvalue weighted by molar-refractivity contribution is 0.00613. The molecule has 1 aliphatic heterocycles. The van der Waals surface area contributed by atoms with E-state index < -0.39 is 11.6 Å². The number of esters is 1. The fourth-order valence-corrected chi connectivity index (χ4v) is 6.39. The van der Waals surface area contributed by atoms with Crippen LogP contribution in [-0.2, 0) is 24.1 Å². The molecule has 3 aromatic heterocycles. The van der Waals surface area contributed by atoms with Crippen LogP contribution in [0.2, 0.25) is 5.15 Å². The minimum absolute atomic E-state index is 0.202. The second-order valence-corrected chi connectivity index (χ2v) is 13.4. The third kappa shape index (κ3) is 7.46. The standard InChI is InChI=1S/C35H34ClN5O4S/c1-35(2,3)45-33(43)31-23(9-7-19-44-24-15-17-37-29(36)20-24)13-14-30(39-31)41-18-16-22-8-6-10-25(26(22)21-41)32(42)40-34-38-27-11-4-5-12-28(27)46-34/h4-6,8,10-15,17,20H,7,9,16,18-19,21H2,1-3H3,(H,38,40,42). The number of pyridine rings is 2. The van der Waals surface area contributed by atoms with Crippen molar-refractivity contribution in [3.63, 3.8) is 0 Å². The smallest absolute Gasteiger partial charge is 0.357 e. The molecule has 4 heterocycles. The number of aromatic nitrogens is 3. The van der Waals surface area contributed by atoms with Gasteiger partial charge in [-0.15, -0.1) is 0 Å². The zero-order chi connectivity index (χ0) is 32.3. The number of hydrogen-bond donors (Lipinski definition) is 1. The average molecular weight is 656 g/mol. The lowest BCUT2D eigenvalue weighted by Crippen LogP contribution is -2.33. The number of nitrogens with one attached hydrogen (secondary N) is 1. The highest BCUT2D eigenvalue weighted by Gasteiger charge is 2.26. The monoisotopic (exact) mass is 655 g/mol. The molecule has 236 valence electrons. The minimum Gasteiger partial charge on any atom is -0.493 e. The third-order valence-electron chi connectivity index (χ3n) is 7.47. The maximum Gasteiger partial charge on any atom is 0.357 e. The predicted molar refractivity (Wildman–Crippen MR) is 181 cm³/mol. The molecule has 0 saturated carbocycles. The molecule has 0 spiro atoms. The molecule has 11 heteroatoms. The van der Waals surface area contributed by atoms with Gasteiger partial charge in [-0.3, -0.25) is 10.1 Å². The number of rotatable bonds is 9. The van der Waals surface area contributed by atoms with E-state index in [4.69, 9.17) is 26.1 Å². The number of amides is 1. The number of aryl methyl sites for hydroxylation is 1. The zero-order valence-corrected chi connectivity index (χ0v) is 27.5. The maximum absolute atomic E-state index is 13.5. The normalized spacial score (nSPS) is 12.9. The molecule has 0 aliphatic carbocycles. The zero-order valence-electron chi connectivity index (χ0n) is 25.9. The second kappa shape index (κ2) is 13.4. The van der Waals surface area contributed by atoms with Crippen LogP contribution in [0.1, 0.15) is 64.7 Å². The summed E-state index contributed by atoms with van der Waals surface area (Å²) in [6.07, 6.45) is 3.55. The number of para-hydroxylation sites is 1. The first-order valence-electron chi connectivity index (χ1n) is 15.1. The Bertz CT molecular complexity index is 1870. The summed E-state index contributed by atoms with van der Waals surface area (Å²) in [4.78, 5) is 42.4. The molecule has 5 aromatic rings. The first-order valence-corrected chi connectivity index (χ1v) is 16.3. The Morgan fingerprint density at radius 1 is 1.04 bits per heavy atom. The Morgan fingerprint density at radius 2 is 1.89 bits per heavy atom. The van der Waals surface area contributed by atoms with Crippen molar-refractivity contribution in [3.8, 4) is 5.75 Å². The molecule has 0 bridgehead atoms. The molecule has 1 amide bonds. The fraction of sp³-hybridized carbons (Fsp3) is 0.286. The third-order valence-corrected chi connectivity index (χ3v) is 8.63. The Kier molecular flexibility index (Phi) is 9.19. The first-order chi connectivity index (χ1) is 22.1. The first kappa shape index (κ1) is 31.4. The van der Waals surface area contributed by atoms with Crippen LogP contribution in [0.5, 0.6) is 5.75 Å². The Balaban J connectivity index is 1.20. The van der Waals surface area contributed by atoms with Gasteiger partial charge in [0, 0.05) is 30.9 Å². The number of fused-ring (bicyclic) bond motifs is 2. The molecule has 0 saturated heterocycles. The van der Waals surface area contributed by atoms with Crippen LogP contribution in [0.15, 0.2) is 72.9 Å². The number of carbonyl (C=O) groups is 2. The molecular weight excluding hydrogens is 622 g/mol. The highest BCUT2D eigenvalue weighted by Crippen LogP contribution is 2.30. The van der Waals surface area contributed by atoms with E-state index in [2.05, 4.69) is 26.3 Å². The summed E-state index contributed by atoms with van der Waals surface area (Å²) in [6.45, 7) is 7.11. The van der Waals surface area contributed by atoms with Crippen molar-refractivity contribution < 1.29 is 19.1 Å². The van der Waals surface area contributed by atoms with Crippen molar-refractivity contribution in [1.82, 2.24) is 15.0 Å². The van der Waals surface area contributed by atoms with E-state index in [-0.39, 0.29) is 11.6 Å². The molecule has 2 aromatic carbocycles. The van der Waals surface area contributed by atoms with Crippen LogP contribution in [0.4, 0.5) is 10.9 Å². The van der Waals surface area contributed by atoms with E-state index in [9.17, 15) is 9.59 Å². The summed E-state index contributed by atoms with van der Waals surface area (Å²) in [6, 6.07) is 20.9. The van der Waals surface area contributed by atoms with Gasteiger partial charge in [0.05, 0.1) is 16.8 Å². The Morgan fingerprint density at radius 3 is 2.70 bits per heavy atom. The quantitative estimate of drug-likeness (QED) is 0.0987. The number of thiazole rings is 1. The molecular formula is C35H34ClN5O4S. The van der Waals surface area contributed by atoms with Crippen molar-refractivity contribution in [2.45, 2.75) is 52.2 Å². The number of nitrogens with zero attached hydrogens (tertiary/aromatic N) is 4. The van der Waals surface area contributed by atoms with E-state index >= 15 is 0 Å². The number of ether oxygens (including phenoxy) is 2. The molecule has 0 atom stereocenters. The van der Waals surface area contributed by atoms with E-state index in [1.807, 2.05) is 69.3 Å². The van der Waals surface area contributed by atoms with Gasteiger partial charge in [0.2, 0.25) is 0 Å². The van der Waals surface area contributed by atoms with Crippen LogP contribution in [0, 0.1) is 0 Å². The number of anilines is 2. The van der Waals surface area contributed by atoms with Gasteiger partial charge >= 0.3 is 5.97 Å². The van der Waals surface area contributed by atoms with Gasteiger partial charge in [-0.1, -0.05) is 53.3 Å². The van der Waals surface area contributed by atoms with Gasteiger partial charge in [0.15, 0.2) is 10.8 Å². The van der Waals surface area contributed by atoms with Gasteiger partial charge in [-0.2, -0.15) is 0 Å². The Labute approximate surface area is 276 Å². The van der Waals surface area contributed by atoms with Crippen LogP contribution in [-0.4, -0.2) is 45.6 Å². The van der Waals surface area contributed by atoms with Crippen molar-refractivity contribution in [1.29, 1.82) is 0 Å². The molecule has 1 N–H and O–H groups in total. The van der Waals surface area contributed by atoms with Gasteiger partial charge in [-0.05, 0) is 87.1 Å².